The molecule has 1 aliphatic carbocycles. The summed E-state index contributed by atoms with van der Waals surface area (Å²) in [5, 5.41) is 7.15. The highest BCUT2D eigenvalue weighted by atomic mass is 16.5. The van der Waals surface area contributed by atoms with E-state index in [1.807, 2.05) is 6.07 Å². The molecule has 1 aliphatic rings. The molecule has 0 saturated heterocycles. The molecule has 5 heteroatoms. The number of rotatable bonds is 5. The fourth-order valence-corrected chi connectivity index (χ4v) is 1.54. The molecule has 5 nitrogen and oxygen atoms in total. The molecule has 84 valence electrons. The van der Waals surface area contributed by atoms with Crippen LogP contribution < -0.4 is 5.32 Å². The van der Waals surface area contributed by atoms with Crippen molar-refractivity contribution in [1.29, 1.82) is 0 Å². The second-order valence-corrected chi connectivity index (χ2v) is 4.06. The third-order valence-corrected chi connectivity index (χ3v) is 2.62. The minimum absolute atomic E-state index is 0.508. The fraction of sp³-hybridized carbons (Fsp3) is 0.455. The van der Waals surface area contributed by atoms with Gasteiger partial charge in [0.05, 0.1) is 12.8 Å². The van der Waals surface area contributed by atoms with Crippen molar-refractivity contribution in [2.45, 2.75) is 19.4 Å². The van der Waals surface area contributed by atoms with Gasteiger partial charge in [0.25, 0.3) is 0 Å². The van der Waals surface area contributed by atoms with Gasteiger partial charge in [0.1, 0.15) is 0 Å². The van der Waals surface area contributed by atoms with Crippen molar-refractivity contribution in [3.05, 3.63) is 24.3 Å². The SMILES string of the molecule is c1coc(-c2noc(CNCC3CC3)n2)c1. The Labute approximate surface area is 92.8 Å². The molecule has 0 aromatic carbocycles. The number of hydrogen-bond donors (Lipinski definition) is 1. The number of nitrogens with one attached hydrogen (secondary N) is 1. The maximum atomic E-state index is 5.18. The van der Waals surface area contributed by atoms with E-state index in [1.54, 1.807) is 12.3 Å². The molecule has 3 rings (SSSR count). The first-order valence-electron chi connectivity index (χ1n) is 5.49. The Morgan fingerprint density at radius 1 is 1.44 bits per heavy atom. The molecule has 0 aliphatic heterocycles. The Balaban J connectivity index is 1.59. The van der Waals surface area contributed by atoms with E-state index in [2.05, 4.69) is 15.5 Å². The van der Waals surface area contributed by atoms with Gasteiger partial charge in [-0.25, -0.2) is 0 Å². The molecule has 2 heterocycles. The topological polar surface area (TPSA) is 64.1 Å². The first-order chi connectivity index (χ1) is 7.92. The largest absolute Gasteiger partial charge is 0.461 e. The summed E-state index contributed by atoms with van der Waals surface area (Å²) in [5.74, 6) is 2.60. The Hall–Kier alpha value is -1.62. The molecule has 1 fully saturated rings. The second-order valence-electron chi connectivity index (χ2n) is 4.06. The summed E-state index contributed by atoms with van der Waals surface area (Å²) in [6, 6.07) is 3.61. The number of hydrogen-bond acceptors (Lipinski definition) is 5. The first kappa shape index (κ1) is 9.59. The van der Waals surface area contributed by atoms with Crippen LogP contribution in [0.3, 0.4) is 0 Å². The molecule has 1 N–H and O–H groups in total. The monoisotopic (exact) mass is 219 g/mol. The number of furan rings is 1. The van der Waals surface area contributed by atoms with Gasteiger partial charge in [0, 0.05) is 0 Å². The molecular weight excluding hydrogens is 206 g/mol. The third-order valence-electron chi connectivity index (χ3n) is 2.62. The van der Waals surface area contributed by atoms with Gasteiger partial charge in [0.2, 0.25) is 11.7 Å². The van der Waals surface area contributed by atoms with Crippen LogP contribution in [-0.4, -0.2) is 16.7 Å². The van der Waals surface area contributed by atoms with Crippen LogP contribution in [0.2, 0.25) is 0 Å². The van der Waals surface area contributed by atoms with Crippen LogP contribution in [0.4, 0.5) is 0 Å². The van der Waals surface area contributed by atoms with Crippen molar-refractivity contribution in [2.24, 2.45) is 5.92 Å². The van der Waals surface area contributed by atoms with E-state index in [1.165, 1.54) is 12.8 Å². The highest BCUT2D eigenvalue weighted by molar-refractivity contribution is 5.44. The van der Waals surface area contributed by atoms with Crippen molar-refractivity contribution in [3.8, 4) is 11.6 Å². The van der Waals surface area contributed by atoms with Crippen LogP contribution >= 0.6 is 0 Å². The van der Waals surface area contributed by atoms with Crippen LogP contribution in [0.15, 0.2) is 27.3 Å². The molecule has 2 aromatic heterocycles. The van der Waals surface area contributed by atoms with Gasteiger partial charge in [-0.3, -0.25) is 0 Å². The van der Waals surface area contributed by atoms with E-state index >= 15 is 0 Å². The standard InChI is InChI=1S/C11H13N3O2/c1-2-9(15-5-1)11-13-10(16-14-11)7-12-6-8-3-4-8/h1-2,5,8,12H,3-4,6-7H2. The number of nitrogens with zero attached hydrogens (tertiary/aromatic N) is 2. The zero-order chi connectivity index (χ0) is 10.8. The van der Waals surface area contributed by atoms with Crippen LogP contribution in [-0.2, 0) is 6.54 Å². The molecule has 16 heavy (non-hydrogen) atoms. The van der Waals surface area contributed by atoms with Gasteiger partial charge in [-0.2, -0.15) is 4.98 Å². The van der Waals surface area contributed by atoms with E-state index in [9.17, 15) is 0 Å². The lowest BCUT2D eigenvalue weighted by Gasteiger charge is -1.96. The van der Waals surface area contributed by atoms with Gasteiger partial charge in [-0.15, -0.1) is 0 Å². The van der Waals surface area contributed by atoms with E-state index < -0.39 is 0 Å². The van der Waals surface area contributed by atoms with E-state index in [0.29, 0.717) is 24.0 Å². The molecule has 0 unspecified atom stereocenters. The lowest BCUT2D eigenvalue weighted by molar-refractivity contribution is 0.366. The van der Waals surface area contributed by atoms with Crippen molar-refractivity contribution in [3.63, 3.8) is 0 Å². The third kappa shape index (κ3) is 2.14. The minimum Gasteiger partial charge on any atom is -0.461 e. The van der Waals surface area contributed by atoms with Gasteiger partial charge >= 0.3 is 0 Å². The van der Waals surface area contributed by atoms with Gasteiger partial charge in [-0.1, -0.05) is 5.16 Å². The van der Waals surface area contributed by atoms with Gasteiger partial charge < -0.3 is 14.3 Å². The minimum atomic E-state index is 0.508. The van der Waals surface area contributed by atoms with E-state index in [-0.39, 0.29) is 0 Å². The van der Waals surface area contributed by atoms with Crippen molar-refractivity contribution in [1.82, 2.24) is 15.5 Å². The van der Waals surface area contributed by atoms with Crippen molar-refractivity contribution in [2.75, 3.05) is 6.54 Å². The lowest BCUT2D eigenvalue weighted by Crippen LogP contribution is -2.16. The van der Waals surface area contributed by atoms with Crippen molar-refractivity contribution < 1.29 is 8.94 Å². The Bertz CT molecular complexity index is 446. The van der Waals surface area contributed by atoms with Crippen LogP contribution in [0.5, 0.6) is 0 Å². The zero-order valence-corrected chi connectivity index (χ0v) is 8.85. The van der Waals surface area contributed by atoms with Crippen LogP contribution in [0.1, 0.15) is 18.7 Å². The highest BCUT2D eigenvalue weighted by Crippen LogP contribution is 2.27. The highest BCUT2D eigenvalue weighted by Gasteiger charge is 2.20. The van der Waals surface area contributed by atoms with E-state index in [4.69, 9.17) is 8.94 Å². The van der Waals surface area contributed by atoms with Gasteiger partial charge in [-0.05, 0) is 37.4 Å². The van der Waals surface area contributed by atoms with Crippen LogP contribution in [0.25, 0.3) is 11.6 Å². The maximum Gasteiger partial charge on any atom is 0.241 e. The summed E-state index contributed by atoms with van der Waals surface area (Å²) in [6.07, 6.45) is 4.28. The molecule has 2 aromatic rings. The number of aromatic nitrogens is 2. The molecule has 0 bridgehead atoms. The predicted octanol–water partition coefficient (Wildman–Crippen LogP) is 1.83. The maximum absolute atomic E-state index is 5.18. The molecule has 0 amide bonds. The van der Waals surface area contributed by atoms with Gasteiger partial charge in [0.15, 0.2) is 5.76 Å². The summed E-state index contributed by atoms with van der Waals surface area (Å²) < 4.78 is 10.3. The normalized spacial score (nSPS) is 15.5. The predicted molar refractivity (Wildman–Crippen MR) is 56.4 cm³/mol. The quantitative estimate of drug-likeness (QED) is 0.831. The lowest BCUT2D eigenvalue weighted by atomic mass is 10.4. The Kier molecular flexibility index (Phi) is 2.46. The molecule has 1 saturated carbocycles. The Morgan fingerprint density at radius 2 is 2.38 bits per heavy atom. The summed E-state index contributed by atoms with van der Waals surface area (Å²) in [7, 11) is 0. The molecule has 0 spiro atoms. The average Bonchev–Trinajstić information content (AvgIpc) is 2.83. The van der Waals surface area contributed by atoms with E-state index in [0.717, 1.165) is 12.5 Å². The zero-order valence-electron chi connectivity index (χ0n) is 8.85. The molecule has 0 radical (unpaired) electrons. The first-order valence-corrected chi connectivity index (χ1v) is 5.49. The molecule has 0 atom stereocenters. The average molecular weight is 219 g/mol. The summed E-state index contributed by atoms with van der Waals surface area (Å²) >= 11 is 0. The fourth-order valence-electron chi connectivity index (χ4n) is 1.54. The Morgan fingerprint density at radius 3 is 3.12 bits per heavy atom. The second kappa shape index (κ2) is 4.09. The van der Waals surface area contributed by atoms with Crippen LogP contribution in [0, 0.1) is 5.92 Å². The molecular formula is C11H13N3O2. The van der Waals surface area contributed by atoms with Crippen molar-refractivity contribution >= 4 is 0 Å². The summed E-state index contributed by atoms with van der Waals surface area (Å²) in [5.41, 5.74) is 0. The summed E-state index contributed by atoms with van der Waals surface area (Å²) in [4.78, 5) is 4.24. The smallest absolute Gasteiger partial charge is 0.241 e. The summed E-state index contributed by atoms with van der Waals surface area (Å²) in [6.45, 7) is 1.67.